The van der Waals surface area contributed by atoms with Crippen molar-refractivity contribution in [3.63, 3.8) is 0 Å². The van der Waals surface area contributed by atoms with Crippen molar-refractivity contribution in [2.75, 3.05) is 12.8 Å². The molecule has 0 atom stereocenters. The van der Waals surface area contributed by atoms with Crippen molar-refractivity contribution < 1.29 is 9.53 Å². The summed E-state index contributed by atoms with van der Waals surface area (Å²) in [5.74, 6) is 0.302. The Bertz CT molecular complexity index is 587. The van der Waals surface area contributed by atoms with Gasteiger partial charge in [-0.25, -0.2) is 4.98 Å². The molecule has 0 saturated carbocycles. The Morgan fingerprint density at radius 1 is 1.50 bits per heavy atom. The monoisotopic (exact) mass is 247 g/mol. The van der Waals surface area contributed by atoms with E-state index < -0.39 is 5.41 Å². The maximum Gasteiger partial charge on any atom is 0.306 e. The van der Waals surface area contributed by atoms with E-state index in [1.165, 1.54) is 7.11 Å². The first-order chi connectivity index (χ1) is 8.45. The number of aromatic nitrogens is 2. The molecule has 0 amide bonds. The Morgan fingerprint density at radius 3 is 2.83 bits per heavy atom. The fourth-order valence-corrected chi connectivity index (χ4v) is 2.03. The number of nitrogens with zero attached hydrogens (tertiary/aromatic N) is 2. The van der Waals surface area contributed by atoms with E-state index in [2.05, 4.69) is 4.98 Å². The zero-order chi connectivity index (χ0) is 13.3. The van der Waals surface area contributed by atoms with Crippen LogP contribution in [0.2, 0.25) is 0 Å². The van der Waals surface area contributed by atoms with Gasteiger partial charge in [-0.1, -0.05) is 19.9 Å². The van der Waals surface area contributed by atoms with Crippen molar-refractivity contribution in [2.24, 2.45) is 0 Å². The first-order valence-electron chi connectivity index (χ1n) is 5.75. The van der Waals surface area contributed by atoms with Gasteiger partial charge in [0.2, 0.25) is 0 Å². The van der Waals surface area contributed by atoms with E-state index in [1.807, 2.05) is 42.6 Å². The number of pyridine rings is 1. The molecule has 0 spiro atoms. The van der Waals surface area contributed by atoms with E-state index in [-0.39, 0.29) is 12.4 Å². The third kappa shape index (κ3) is 2.03. The number of imidazole rings is 1. The van der Waals surface area contributed by atoms with Crippen molar-refractivity contribution in [1.82, 2.24) is 9.38 Å². The lowest BCUT2D eigenvalue weighted by atomic mass is 9.85. The predicted molar refractivity (Wildman–Crippen MR) is 69.3 cm³/mol. The second-order valence-electron chi connectivity index (χ2n) is 4.91. The van der Waals surface area contributed by atoms with Crippen LogP contribution in [-0.4, -0.2) is 22.5 Å². The van der Waals surface area contributed by atoms with Crippen LogP contribution >= 0.6 is 0 Å². The first-order valence-corrected chi connectivity index (χ1v) is 5.75. The number of nitrogen functional groups attached to an aromatic ring is 1. The van der Waals surface area contributed by atoms with Gasteiger partial charge in [0.15, 0.2) is 0 Å². The minimum atomic E-state index is -0.455. The summed E-state index contributed by atoms with van der Waals surface area (Å²) in [5, 5.41) is 0. The van der Waals surface area contributed by atoms with Crippen LogP contribution in [0, 0.1) is 0 Å². The molecule has 0 radical (unpaired) electrons. The summed E-state index contributed by atoms with van der Waals surface area (Å²) in [6.45, 7) is 3.87. The summed E-state index contributed by atoms with van der Waals surface area (Å²) in [7, 11) is 1.38. The average Bonchev–Trinajstić information content (AvgIpc) is 2.68. The van der Waals surface area contributed by atoms with Crippen LogP contribution in [0.25, 0.3) is 5.65 Å². The second-order valence-corrected chi connectivity index (χ2v) is 4.91. The SMILES string of the molecule is COC(=O)CC(C)(C)c1nc2ccccn2c1N. The van der Waals surface area contributed by atoms with E-state index in [4.69, 9.17) is 10.5 Å². The predicted octanol–water partition coefficient (Wildman–Crippen LogP) is 1.76. The fourth-order valence-electron chi connectivity index (χ4n) is 2.03. The van der Waals surface area contributed by atoms with E-state index in [9.17, 15) is 4.79 Å². The molecule has 0 fully saturated rings. The van der Waals surface area contributed by atoms with E-state index >= 15 is 0 Å². The van der Waals surface area contributed by atoms with Crippen molar-refractivity contribution in [3.8, 4) is 0 Å². The molecular weight excluding hydrogens is 230 g/mol. The minimum absolute atomic E-state index is 0.248. The smallest absolute Gasteiger partial charge is 0.306 e. The zero-order valence-corrected chi connectivity index (χ0v) is 10.8. The van der Waals surface area contributed by atoms with Crippen LogP contribution in [0.1, 0.15) is 26.0 Å². The highest BCUT2D eigenvalue weighted by Gasteiger charge is 2.30. The maximum absolute atomic E-state index is 11.4. The van der Waals surface area contributed by atoms with Gasteiger partial charge in [0.1, 0.15) is 11.5 Å². The standard InChI is InChI=1S/C13H17N3O2/c1-13(2,8-10(17)18-3)11-12(14)16-7-5-4-6-9(16)15-11/h4-7H,8,14H2,1-3H3. The molecular formula is C13H17N3O2. The molecule has 0 saturated heterocycles. The Morgan fingerprint density at radius 2 is 2.22 bits per heavy atom. The topological polar surface area (TPSA) is 69.6 Å². The molecule has 0 bridgehead atoms. The highest BCUT2D eigenvalue weighted by atomic mass is 16.5. The summed E-state index contributed by atoms with van der Waals surface area (Å²) in [6.07, 6.45) is 2.10. The fraction of sp³-hybridized carbons (Fsp3) is 0.385. The summed E-state index contributed by atoms with van der Waals surface area (Å²) in [6, 6.07) is 5.68. The minimum Gasteiger partial charge on any atom is -0.469 e. The van der Waals surface area contributed by atoms with Crippen LogP contribution in [0.5, 0.6) is 0 Å². The molecule has 2 heterocycles. The quantitative estimate of drug-likeness (QED) is 0.839. The van der Waals surface area contributed by atoms with Gasteiger partial charge in [-0.15, -0.1) is 0 Å². The number of anilines is 1. The molecule has 96 valence electrons. The number of carbonyl (C=O) groups excluding carboxylic acids is 1. The molecule has 2 N–H and O–H groups in total. The maximum atomic E-state index is 11.4. The lowest BCUT2D eigenvalue weighted by molar-refractivity contribution is -0.141. The zero-order valence-electron chi connectivity index (χ0n) is 10.8. The molecule has 2 aromatic heterocycles. The number of methoxy groups -OCH3 is 1. The Kier molecular flexibility index (Phi) is 2.98. The van der Waals surface area contributed by atoms with Gasteiger partial charge in [0, 0.05) is 11.6 Å². The van der Waals surface area contributed by atoms with Crippen LogP contribution in [0.15, 0.2) is 24.4 Å². The molecule has 2 aromatic rings. The summed E-state index contributed by atoms with van der Waals surface area (Å²) >= 11 is 0. The van der Waals surface area contributed by atoms with Gasteiger partial charge in [0.25, 0.3) is 0 Å². The highest BCUT2D eigenvalue weighted by molar-refractivity contribution is 5.72. The number of esters is 1. The van der Waals surface area contributed by atoms with Gasteiger partial charge < -0.3 is 10.5 Å². The van der Waals surface area contributed by atoms with E-state index in [1.54, 1.807) is 0 Å². The lowest BCUT2D eigenvalue weighted by Gasteiger charge is -2.21. The molecule has 5 nitrogen and oxygen atoms in total. The normalized spacial score (nSPS) is 11.7. The van der Waals surface area contributed by atoms with Crippen molar-refractivity contribution in [3.05, 3.63) is 30.1 Å². The second kappa shape index (κ2) is 4.33. The number of carbonyl (C=O) groups is 1. The van der Waals surface area contributed by atoms with Gasteiger partial charge in [-0.3, -0.25) is 9.20 Å². The van der Waals surface area contributed by atoms with Crippen LogP contribution < -0.4 is 5.73 Å². The molecule has 0 aliphatic heterocycles. The largest absolute Gasteiger partial charge is 0.469 e. The van der Waals surface area contributed by atoms with Gasteiger partial charge in [-0.05, 0) is 12.1 Å². The number of rotatable bonds is 3. The van der Waals surface area contributed by atoms with Crippen LogP contribution in [-0.2, 0) is 14.9 Å². The molecule has 2 rings (SSSR count). The lowest BCUT2D eigenvalue weighted by Crippen LogP contribution is -2.24. The van der Waals surface area contributed by atoms with Gasteiger partial charge in [0.05, 0.1) is 19.2 Å². The molecule has 0 unspecified atom stereocenters. The highest BCUT2D eigenvalue weighted by Crippen LogP contribution is 2.31. The third-order valence-electron chi connectivity index (χ3n) is 3.02. The summed E-state index contributed by atoms with van der Waals surface area (Å²) in [4.78, 5) is 15.9. The third-order valence-corrected chi connectivity index (χ3v) is 3.02. The van der Waals surface area contributed by atoms with E-state index in [0.717, 1.165) is 11.3 Å². The Balaban J connectivity index is 2.47. The summed E-state index contributed by atoms with van der Waals surface area (Å²) in [5.41, 5.74) is 7.14. The molecule has 0 aliphatic carbocycles. The number of hydrogen-bond acceptors (Lipinski definition) is 4. The summed E-state index contributed by atoms with van der Waals surface area (Å²) < 4.78 is 6.52. The van der Waals surface area contributed by atoms with Crippen molar-refractivity contribution >= 4 is 17.4 Å². The molecule has 18 heavy (non-hydrogen) atoms. The Labute approximate surface area is 106 Å². The van der Waals surface area contributed by atoms with Gasteiger partial charge >= 0.3 is 5.97 Å². The Hall–Kier alpha value is -2.04. The van der Waals surface area contributed by atoms with Gasteiger partial charge in [-0.2, -0.15) is 0 Å². The number of hydrogen-bond donors (Lipinski definition) is 1. The molecule has 0 aromatic carbocycles. The van der Waals surface area contributed by atoms with Crippen LogP contribution in [0.4, 0.5) is 5.82 Å². The van der Waals surface area contributed by atoms with Crippen LogP contribution in [0.3, 0.4) is 0 Å². The van der Waals surface area contributed by atoms with Crippen molar-refractivity contribution in [2.45, 2.75) is 25.7 Å². The average molecular weight is 247 g/mol. The van der Waals surface area contributed by atoms with E-state index in [0.29, 0.717) is 5.82 Å². The first kappa shape index (κ1) is 12.4. The number of nitrogens with two attached hydrogens (primary N) is 1. The van der Waals surface area contributed by atoms with Crippen molar-refractivity contribution in [1.29, 1.82) is 0 Å². The number of fused-ring (bicyclic) bond motifs is 1. The molecule has 5 heteroatoms. The molecule has 0 aliphatic rings. The number of ether oxygens (including phenoxy) is 1.